The van der Waals surface area contributed by atoms with Gasteiger partial charge in [-0.2, -0.15) is 0 Å². The van der Waals surface area contributed by atoms with Crippen molar-refractivity contribution in [2.75, 3.05) is 13.7 Å². The first-order chi connectivity index (χ1) is 9.63. The number of oxazole rings is 1. The molecule has 0 aliphatic carbocycles. The summed E-state index contributed by atoms with van der Waals surface area (Å²) >= 11 is 0. The minimum atomic E-state index is 0. The number of hydrogen-bond acceptors (Lipinski definition) is 5. The highest BCUT2D eigenvalue weighted by Crippen LogP contribution is 2.32. The van der Waals surface area contributed by atoms with Crippen LogP contribution in [0, 0.1) is 5.92 Å². The molecule has 5 nitrogen and oxygen atoms in total. The Labute approximate surface area is 130 Å². The minimum Gasteiger partial charge on any atom is -0.493 e. The molecule has 6 heteroatoms. The lowest BCUT2D eigenvalue weighted by Gasteiger charge is -2.13. The molecule has 0 aliphatic heterocycles. The van der Waals surface area contributed by atoms with E-state index in [4.69, 9.17) is 19.6 Å². The van der Waals surface area contributed by atoms with Crippen molar-refractivity contribution in [1.82, 2.24) is 4.98 Å². The fourth-order valence-corrected chi connectivity index (χ4v) is 1.71. The van der Waals surface area contributed by atoms with E-state index in [-0.39, 0.29) is 12.4 Å². The van der Waals surface area contributed by atoms with Gasteiger partial charge >= 0.3 is 0 Å². The first-order valence-corrected chi connectivity index (χ1v) is 6.59. The third-order valence-corrected chi connectivity index (χ3v) is 2.74. The Kier molecular flexibility index (Phi) is 6.52. The smallest absolute Gasteiger partial charge is 0.226 e. The Hall–Kier alpha value is -1.72. The minimum absolute atomic E-state index is 0. The molecule has 21 heavy (non-hydrogen) atoms. The van der Waals surface area contributed by atoms with Crippen LogP contribution in [0.5, 0.6) is 11.5 Å². The van der Waals surface area contributed by atoms with Crippen molar-refractivity contribution in [3.8, 4) is 23.0 Å². The van der Waals surface area contributed by atoms with Gasteiger partial charge in [-0.15, -0.1) is 12.4 Å². The quantitative estimate of drug-likeness (QED) is 0.886. The molecule has 0 spiro atoms. The van der Waals surface area contributed by atoms with Crippen molar-refractivity contribution >= 4 is 12.4 Å². The second-order valence-electron chi connectivity index (χ2n) is 4.92. The second kappa shape index (κ2) is 7.90. The standard InChI is InChI=1S/C15H20N2O3.ClH/c1-10(2)8-19-14-6-11(4-5-13(14)18-3)15-17-12(7-16)9-20-15;/h4-6,9-10H,7-8,16H2,1-3H3;1H. The number of aromatic nitrogens is 1. The van der Waals surface area contributed by atoms with Crippen LogP contribution in [-0.4, -0.2) is 18.7 Å². The molecule has 0 unspecified atom stereocenters. The number of hydrogen-bond donors (Lipinski definition) is 1. The first kappa shape index (κ1) is 17.3. The molecule has 1 aromatic heterocycles. The predicted molar refractivity (Wildman–Crippen MR) is 84.0 cm³/mol. The molecule has 2 aromatic rings. The van der Waals surface area contributed by atoms with Gasteiger partial charge in [-0.05, 0) is 24.1 Å². The maximum Gasteiger partial charge on any atom is 0.226 e. The summed E-state index contributed by atoms with van der Waals surface area (Å²) in [6.45, 7) is 5.17. The van der Waals surface area contributed by atoms with Crippen LogP contribution in [0.25, 0.3) is 11.5 Å². The second-order valence-corrected chi connectivity index (χ2v) is 4.92. The fraction of sp³-hybridized carbons (Fsp3) is 0.400. The number of methoxy groups -OCH3 is 1. The molecule has 0 bridgehead atoms. The Morgan fingerprint density at radius 3 is 2.62 bits per heavy atom. The van der Waals surface area contributed by atoms with Crippen LogP contribution in [0.4, 0.5) is 0 Å². The van der Waals surface area contributed by atoms with Gasteiger partial charge in [-0.1, -0.05) is 13.8 Å². The lowest BCUT2D eigenvalue weighted by molar-refractivity contribution is 0.257. The topological polar surface area (TPSA) is 70.5 Å². The van der Waals surface area contributed by atoms with Crippen LogP contribution < -0.4 is 15.2 Å². The molecule has 2 N–H and O–H groups in total. The van der Waals surface area contributed by atoms with E-state index in [1.807, 2.05) is 18.2 Å². The molecule has 116 valence electrons. The third-order valence-electron chi connectivity index (χ3n) is 2.74. The Bertz CT molecular complexity index is 570. The van der Waals surface area contributed by atoms with Gasteiger partial charge in [0, 0.05) is 12.1 Å². The van der Waals surface area contributed by atoms with E-state index in [9.17, 15) is 0 Å². The maximum absolute atomic E-state index is 5.77. The van der Waals surface area contributed by atoms with E-state index in [1.54, 1.807) is 13.4 Å². The number of ether oxygens (including phenoxy) is 2. The predicted octanol–water partition coefficient (Wildman–Crippen LogP) is 3.27. The average molecular weight is 313 g/mol. The van der Waals surface area contributed by atoms with E-state index in [0.717, 1.165) is 11.3 Å². The molecule has 0 radical (unpaired) electrons. The highest BCUT2D eigenvalue weighted by molar-refractivity contribution is 5.85. The largest absolute Gasteiger partial charge is 0.493 e. The Morgan fingerprint density at radius 2 is 2.05 bits per heavy atom. The zero-order chi connectivity index (χ0) is 14.5. The van der Waals surface area contributed by atoms with Crippen LogP contribution in [0.1, 0.15) is 19.5 Å². The highest BCUT2D eigenvalue weighted by atomic mass is 35.5. The number of nitrogens with zero attached hydrogens (tertiary/aromatic N) is 1. The molecule has 0 atom stereocenters. The normalized spacial score (nSPS) is 10.3. The zero-order valence-electron chi connectivity index (χ0n) is 12.5. The molecular weight excluding hydrogens is 292 g/mol. The van der Waals surface area contributed by atoms with Gasteiger partial charge in [-0.3, -0.25) is 0 Å². The van der Waals surface area contributed by atoms with Gasteiger partial charge in [0.15, 0.2) is 11.5 Å². The van der Waals surface area contributed by atoms with Gasteiger partial charge in [0.25, 0.3) is 0 Å². The van der Waals surface area contributed by atoms with Gasteiger partial charge in [-0.25, -0.2) is 4.98 Å². The highest BCUT2D eigenvalue weighted by Gasteiger charge is 2.11. The summed E-state index contributed by atoms with van der Waals surface area (Å²) in [6, 6.07) is 5.60. The van der Waals surface area contributed by atoms with E-state index in [1.165, 1.54) is 0 Å². The fourth-order valence-electron chi connectivity index (χ4n) is 1.71. The van der Waals surface area contributed by atoms with Gasteiger partial charge in [0.1, 0.15) is 6.26 Å². The third kappa shape index (κ3) is 4.37. The van der Waals surface area contributed by atoms with E-state index in [2.05, 4.69) is 18.8 Å². The van der Waals surface area contributed by atoms with Crippen molar-refractivity contribution in [3.63, 3.8) is 0 Å². The lowest BCUT2D eigenvalue weighted by atomic mass is 10.2. The van der Waals surface area contributed by atoms with Crippen molar-refractivity contribution in [2.24, 2.45) is 11.7 Å². The van der Waals surface area contributed by atoms with Crippen molar-refractivity contribution < 1.29 is 13.9 Å². The van der Waals surface area contributed by atoms with Crippen molar-refractivity contribution in [3.05, 3.63) is 30.2 Å². The summed E-state index contributed by atoms with van der Waals surface area (Å²) in [5, 5.41) is 0. The molecule has 0 fully saturated rings. The van der Waals surface area contributed by atoms with Crippen LogP contribution in [0.3, 0.4) is 0 Å². The van der Waals surface area contributed by atoms with Gasteiger partial charge in [0.2, 0.25) is 5.89 Å². The number of rotatable bonds is 6. The van der Waals surface area contributed by atoms with Crippen LogP contribution in [-0.2, 0) is 6.54 Å². The number of halogens is 1. The zero-order valence-corrected chi connectivity index (χ0v) is 13.3. The van der Waals surface area contributed by atoms with Crippen LogP contribution in [0.15, 0.2) is 28.9 Å². The average Bonchev–Trinajstić information content (AvgIpc) is 2.93. The van der Waals surface area contributed by atoms with E-state index in [0.29, 0.717) is 36.5 Å². The Morgan fingerprint density at radius 1 is 1.29 bits per heavy atom. The summed E-state index contributed by atoms with van der Waals surface area (Å²) in [6.07, 6.45) is 1.56. The SMILES string of the molecule is COc1ccc(-c2nc(CN)co2)cc1OCC(C)C.Cl. The number of nitrogens with two attached hydrogens (primary N) is 1. The van der Waals surface area contributed by atoms with Gasteiger partial charge in [0.05, 0.1) is 19.4 Å². The van der Waals surface area contributed by atoms with Crippen molar-refractivity contribution in [1.29, 1.82) is 0 Å². The lowest BCUT2D eigenvalue weighted by Crippen LogP contribution is -2.05. The molecule has 2 rings (SSSR count). The number of benzene rings is 1. The molecule has 1 aromatic carbocycles. The molecule has 0 aliphatic rings. The molecule has 0 saturated carbocycles. The molecule has 1 heterocycles. The maximum atomic E-state index is 5.77. The van der Waals surface area contributed by atoms with E-state index < -0.39 is 0 Å². The monoisotopic (exact) mass is 312 g/mol. The summed E-state index contributed by atoms with van der Waals surface area (Å²) in [5.74, 6) is 2.35. The van der Waals surface area contributed by atoms with Crippen LogP contribution in [0.2, 0.25) is 0 Å². The van der Waals surface area contributed by atoms with Gasteiger partial charge < -0.3 is 19.6 Å². The molecule has 0 saturated heterocycles. The van der Waals surface area contributed by atoms with E-state index >= 15 is 0 Å². The molecule has 0 amide bonds. The summed E-state index contributed by atoms with van der Waals surface area (Å²) < 4.78 is 16.5. The summed E-state index contributed by atoms with van der Waals surface area (Å²) in [7, 11) is 1.62. The first-order valence-electron chi connectivity index (χ1n) is 6.59. The summed E-state index contributed by atoms with van der Waals surface area (Å²) in [5.41, 5.74) is 7.09. The van der Waals surface area contributed by atoms with Crippen molar-refractivity contribution in [2.45, 2.75) is 20.4 Å². The molecular formula is C15H21ClN2O3. The van der Waals surface area contributed by atoms with Crippen LogP contribution >= 0.6 is 12.4 Å². The summed E-state index contributed by atoms with van der Waals surface area (Å²) in [4.78, 5) is 4.30. The Balaban J connectivity index is 0.00000220.